The van der Waals surface area contributed by atoms with E-state index < -0.39 is 12.3 Å². The van der Waals surface area contributed by atoms with Gasteiger partial charge in [0, 0.05) is 41.9 Å². The fourth-order valence-electron chi connectivity index (χ4n) is 3.92. The van der Waals surface area contributed by atoms with Crippen molar-refractivity contribution >= 4 is 17.5 Å². The SMILES string of the molecule is Cc1cccc(CNc2cccc3c2CN([C@@H]2CCC(=O)NC2O)C3=O)c1F. The van der Waals surface area contributed by atoms with E-state index in [4.69, 9.17) is 0 Å². The number of hydrogen-bond donors (Lipinski definition) is 3. The predicted molar refractivity (Wildman–Crippen MR) is 102 cm³/mol. The van der Waals surface area contributed by atoms with E-state index in [0.29, 0.717) is 36.2 Å². The summed E-state index contributed by atoms with van der Waals surface area (Å²) in [6.45, 7) is 2.37. The number of nitrogens with zero attached hydrogens (tertiary/aromatic N) is 1. The number of benzene rings is 2. The van der Waals surface area contributed by atoms with E-state index in [1.807, 2.05) is 12.1 Å². The number of aryl methyl sites for hydroxylation is 1. The first-order chi connectivity index (χ1) is 13.5. The third kappa shape index (κ3) is 3.22. The van der Waals surface area contributed by atoms with E-state index in [9.17, 15) is 19.1 Å². The third-order valence-corrected chi connectivity index (χ3v) is 5.48. The number of anilines is 1. The summed E-state index contributed by atoms with van der Waals surface area (Å²) >= 11 is 0. The Kier molecular flexibility index (Phi) is 4.77. The van der Waals surface area contributed by atoms with E-state index in [1.165, 1.54) is 0 Å². The van der Waals surface area contributed by atoms with E-state index in [2.05, 4.69) is 10.6 Å². The van der Waals surface area contributed by atoms with Gasteiger partial charge in [-0.05, 0) is 31.0 Å². The van der Waals surface area contributed by atoms with E-state index in [1.54, 1.807) is 36.1 Å². The molecule has 7 heteroatoms. The smallest absolute Gasteiger partial charge is 0.254 e. The lowest BCUT2D eigenvalue weighted by Crippen LogP contribution is -2.55. The number of carbonyl (C=O) groups excluding carboxylic acids is 2. The zero-order valence-electron chi connectivity index (χ0n) is 15.5. The highest BCUT2D eigenvalue weighted by molar-refractivity contribution is 6.00. The summed E-state index contributed by atoms with van der Waals surface area (Å²) in [5, 5.41) is 15.9. The number of rotatable bonds is 4. The monoisotopic (exact) mass is 383 g/mol. The molecule has 0 aromatic heterocycles. The number of fused-ring (bicyclic) bond motifs is 1. The highest BCUT2D eigenvalue weighted by atomic mass is 19.1. The first-order valence-corrected chi connectivity index (χ1v) is 9.34. The average molecular weight is 383 g/mol. The minimum Gasteiger partial charge on any atom is -0.381 e. The molecular weight excluding hydrogens is 361 g/mol. The van der Waals surface area contributed by atoms with Crippen LogP contribution in [0.5, 0.6) is 0 Å². The molecule has 2 atom stereocenters. The third-order valence-electron chi connectivity index (χ3n) is 5.48. The van der Waals surface area contributed by atoms with Crippen LogP contribution in [0.15, 0.2) is 36.4 Å². The van der Waals surface area contributed by atoms with Crippen LogP contribution in [0, 0.1) is 12.7 Å². The Labute approximate surface area is 162 Å². The van der Waals surface area contributed by atoms with Gasteiger partial charge in [-0.3, -0.25) is 9.59 Å². The summed E-state index contributed by atoms with van der Waals surface area (Å²) in [5.74, 6) is -0.614. The van der Waals surface area contributed by atoms with Crippen LogP contribution in [0.25, 0.3) is 0 Å². The molecule has 2 heterocycles. The second-order valence-electron chi connectivity index (χ2n) is 7.28. The Morgan fingerprint density at radius 3 is 2.82 bits per heavy atom. The molecule has 0 radical (unpaired) electrons. The summed E-state index contributed by atoms with van der Waals surface area (Å²) in [6.07, 6.45) is -0.374. The number of hydrogen-bond acceptors (Lipinski definition) is 4. The highest BCUT2D eigenvalue weighted by Crippen LogP contribution is 2.33. The fraction of sp³-hybridized carbons (Fsp3) is 0.333. The van der Waals surface area contributed by atoms with Crippen molar-refractivity contribution in [3.8, 4) is 0 Å². The lowest BCUT2D eigenvalue weighted by molar-refractivity contribution is -0.129. The van der Waals surface area contributed by atoms with E-state index >= 15 is 0 Å². The van der Waals surface area contributed by atoms with Crippen molar-refractivity contribution in [1.82, 2.24) is 10.2 Å². The van der Waals surface area contributed by atoms with Gasteiger partial charge in [0.05, 0.1) is 6.04 Å². The maximum atomic E-state index is 14.3. The number of aliphatic hydroxyl groups is 1. The molecule has 0 aliphatic carbocycles. The van der Waals surface area contributed by atoms with Gasteiger partial charge in [-0.25, -0.2) is 4.39 Å². The minimum atomic E-state index is -1.07. The van der Waals surface area contributed by atoms with Gasteiger partial charge in [0.2, 0.25) is 5.91 Å². The molecule has 0 saturated carbocycles. The lowest BCUT2D eigenvalue weighted by Gasteiger charge is -2.35. The van der Waals surface area contributed by atoms with Crippen molar-refractivity contribution in [3.05, 3.63) is 64.5 Å². The van der Waals surface area contributed by atoms with Gasteiger partial charge in [0.1, 0.15) is 12.0 Å². The lowest BCUT2D eigenvalue weighted by atomic mass is 10.0. The van der Waals surface area contributed by atoms with Crippen LogP contribution >= 0.6 is 0 Å². The number of aliphatic hydroxyl groups excluding tert-OH is 1. The van der Waals surface area contributed by atoms with Crippen LogP contribution in [0.2, 0.25) is 0 Å². The molecule has 2 aromatic rings. The summed E-state index contributed by atoms with van der Waals surface area (Å²) in [5.41, 5.74) is 3.31. The fourth-order valence-corrected chi connectivity index (χ4v) is 3.92. The van der Waals surface area contributed by atoms with Gasteiger partial charge in [0.15, 0.2) is 0 Å². The minimum absolute atomic E-state index is 0.166. The molecular formula is C21H22FN3O3. The van der Waals surface area contributed by atoms with Crippen molar-refractivity contribution in [2.45, 2.75) is 45.1 Å². The van der Waals surface area contributed by atoms with Crippen LogP contribution < -0.4 is 10.6 Å². The number of amides is 2. The predicted octanol–water partition coefficient (Wildman–Crippen LogP) is 2.30. The van der Waals surface area contributed by atoms with Crippen LogP contribution in [-0.4, -0.2) is 34.1 Å². The van der Waals surface area contributed by atoms with Crippen LogP contribution in [0.4, 0.5) is 10.1 Å². The first-order valence-electron chi connectivity index (χ1n) is 9.34. The van der Waals surface area contributed by atoms with Crippen LogP contribution in [0.1, 0.15) is 39.9 Å². The second kappa shape index (κ2) is 7.24. The molecule has 4 rings (SSSR count). The van der Waals surface area contributed by atoms with Crippen LogP contribution in [0.3, 0.4) is 0 Å². The quantitative estimate of drug-likeness (QED) is 0.757. The zero-order chi connectivity index (χ0) is 19.8. The number of carbonyl (C=O) groups is 2. The Bertz CT molecular complexity index is 946. The van der Waals surface area contributed by atoms with Gasteiger partial charge in [-0.15, -0.1) is 0 Å². The normalized spacial score (nSPS) is 21.5. The second-order valence-corrected chi connectivity index (χ2v) is 7.28. The summed E-state index contributed by atoms with van der Waals surface area (Å²) < 4.78 is 14.3. The van der Waals surface area contributed by atoms with Crippen molar-refractivity contribution < 1.29 is 19.1 Å². The molecule has 1 saturated heterocycles. The van der Waals surface area contributed by atoms with E-state index in [0.717, 1.165) is 11.3 Å². The summed E-state index contributed by atoms with van der Waals surface area (Å²) in [6, 6.07) is 10.2. The molecule has 0 bridgehead atoms. The molecule has 28 heavy (non-hydrogen) atoms. The van der Waals surface area contributed by atoms with Gasteiger partial charge in [-0.1, -0.05) is 24.3 Å². The Hall–Kier alpha value is -2.93. The topological polar surface area (TPSA) is 81.7 Å². The van der Waals surface area contributed by atoms with Crippen molar-refractivity contribution in [3.63, 3.8) is 0 Å². The number of halogens is 1. The van der Waals surface area contributed by atoms with Gasteiger partial charge in [0.25, 0.3) is 5.91 Å². The Balaban J connectivity index is 1.54. The van der Waals surface area contributed by atoms with Gasteiger partial charge < -0.3 is 20.6 Å². The summed E-state index contributed by atoms with van der Waals surface area (Å²) in [4.78, 5) is 25.9. The largest absolute Gasteiger partial charge is 0.381 e. The molecule has 1 unspecified atom stereocenters. The Morgan fingerprint density at radius 1 is 1.25 bits per heavy atom. The first kappa shape index (κ1) is 18.4. The zero-order valence-corrected chi connectivity index (χ0v) is 15.5. The average Bonchev–Trinajstić information content (AvgIpc) is 3.00. The van der Waals surface area contributed by atoms with Crippen molar-refractivity contribution in [1.29, 1.82) is 0 Å². The van der Waals surface area contributed by atoms with Crippen molar-refractivity contribution in [2.75, 3.05) is 5.32 Å². The van der Waals surface area contributed by atoms with Crippen LogP contribution in [-0.2, 0) is 17.9 Å². The molecule has 1 fully saturated rings. The van der Waals surface area contributed by atoms with Gasteiger partial charge >= 0.3 is 0 Å². The molecule has 3 N–H and O–H groups in total. The molecule has 2 aliphatic heterocycles. The molecule has 146 valence electrons. The molecule has 6 nitrogen and oxygen atoms in total. The number of piperidine rings is 1. The standard InChI is InChI=1S/C21H22FN3O3/c1-12-4-2-5-13(19(12)22)10-23-16-7-3-6-14-15(16)11-25(21(14)28)17-8-9-18(26)24-20(17)27/h2-7,17,20,23,27H,8-11H2,1H3,(H,24,26)/t17-,20?/m1/s1. The molecule has 0 spiro atoms. The van der Waals surface area contributed by atoms with Gasteiger partial charge in [-0.2, -0.15) is 0 Å². The summed E-state index contributed by atoms with van der Waals surface area (Å²) in [7, 11) is 0. The maximum Gasteiger partial charge on any atom is 0.254 e. The maximum absolute atomic E-state index is 14.3. The van der Waals surface area contributed by atoms with E-state index in [-0.39, 0.29) is 24.1 Å². The highest BCUT2D eigenvalue weighted by Gasteiger charge is 2.39. The molecule has 2 aromatic carbocycles. The molecule has 2 aliphatic rings. The Morgan fingerprint density at radius 2 is 2.04 bits per heavy atom. The molecule has 2 amide bonds. The number of nitrogens with one attached hydrogen (secondary N) is 2. The van der Waals surface area contributed by atoms with Crippen molar-refractivity contribution in [2.24, 2.45) is 0 Å².